The maximum absolute atomic E-state index is 12.2. The highest BCUT2D eigenvalue weighted by atomic mass is 16.2. The lowest BCUT2D eigenvalue weighted by molar-refractivity contribution is -0.118. The maximum atomic E-state index is 12.2. The van der Waals surface area contributed by atoms with Gasteiger partial charge < -0.3 is 5.32 Å². The molecule has 1 saturated heterocycles. The third-order valence-corrected chi connectivity index (χ3v) is 4.26. The summed E-state index contributed by atoms with van der Waals surface area (Å²) in [5.41, 5.74) is 1.30. The predicted octanol–water partition coefficient (Wildman–Crippen LogP) is 3.09. The fourth-order valence-corrected chi connectivity index (χ4v) is 2.97. The number of carbonyl (C=O) groups excluding carboxylic acids is 2. The maximum Gasteiger partial charge on any atom is 0.238 e. The van der Waals surface area contributed by atoms with Gasteiger partial charge in [-0.05, 0) is 45.7 Å². The summed E-state index contributed by atoms with van der Waals surface area (Å²) in [5, 5.41) is 2.89. The van der Waals surface area contributed by atoms with Gasteiger partial charge in [-0.15, -0.1) is 0 Å². The molecule has 1 heterocycles. The summed E-state index contributed by atoms with van der Waals surface area (Å²) < 4.78 is 0. The molecule has 4 heteroatoms. The summed E-state index contributed by atoms with van der Waals surface area (Å²) in [5.74, 6) is -0.0133. The van der Waals surface area contributed by atoms with Crippen molar-refractivity contribution in [2.75, 3.05) is 11.9 Å². The first-order valence-electron chi connectivity index (χ1n) is 7.64. The lowest BCUT2D eigenvalue weighted by Gasteiger charge is -2.38. The number of hydrogen-bond acceptors (Lipinski definition) is 3. The lowest BCUT2D eigenvalue weighted by atomic mass is 9.97. The molecule has 4 nitrogen and oxygen atoms in total. The van der Waals surface area contributed by atoms with Crippen molar-refractivity contribution in [2.45, 2.75) is 52.1 Å². The van der Waals surface area contributed by atoms with Crippen molar-refractivity contribution < 1.29 is 9.59 Å². The van der Waals surface area contributed by atoms with Crippen molar-refractivity contribution in [3.63, 3.8) is 0 Å². The normalized spacial score (nSPS) is 22.8. The van der Waals surface area contributed by atoms with Gasteiger partial charge in [0.15, 0.2) is 5.78 Å². The summed E-state index contributed by atoms with van der Waals surface area (Å²) in [7, 11) is 0. The van der Waals surface area contributed by atoms with Crippen LogP contribution in [0.3, 0.4) is 0 Å². The van der Waals surface area contributed by atoms with E-state index in [1.807, 2.05) is 6.07 Å². The summed E-state index contributed by atoms with van der Waals surface area (Å²) in [6.07, 6.45) is 3.54. The highest BCUT2D eigenvalue weighted by Gasteiger charge is 2.26. The number of piperidine rings is 1. The molecule has 2 rings (SSSR count). The highest BCUT2D eigenvalue weighted by molar-refractivity contribution is 5.97. The molecule has 114 valence electrons. The van der Waals surface area contributed by atoms with Crippen LogP contribution < -0.4 is 5.32 Å². The van der Waals surface area contributed by atoms with Gasteiger partial charge in [-0.3, -0.25) is 14.5 Å². The van der Waals surface area contributed by atoms with Gasteiger partial charge >= 0.3 is 0 Å². The molecule has 0 aliphatic carbocycles. The second-order valence-corrected chi connectivity index (χ2v) is 5.99. The number of ketones is 1. The predicted molar refractivity (Wildman–Crippen MR) is 84.6 cm³/mol. The molecule has 0 radical (unpaired) electrons. The Labute approximate surface area is 126 Å². The van der Waals surface area contributed by atoms with E-state index in [1.54, 1.807) is 18.2 Å². The average Bonchev–Trinajstić information content (AvgIpc) is 2.43. The Kier molecular flexibility index (Phi) is 5.12. The second-order valence-electron chi connectivity index (χ2n) is 5.99. The minimum absolute atomic E-state index is 0.00405. The van der Waals surface area contributed by atoms with E-state index < -0.39 is 0 Å². The van der Waals surface area contributed by atoms with E-state index >= 15 is 0 Å². The second kappa shape index (κ2) is 6.85. The molecule has 1 amide bonds. The summed E-state index contributed by atoms with van der Waals surface area (Å²) in [4.78, 5) is 25.8. The molecule has 2 atom stereocenters. The number of carbonyl (C=O) groups is 2. The van der Waals surface area contributed by atoms with Gasteiger partial charge in [0.05, 0.1) is 6.54 Å². The molecule has 1 aromatic rings. The van der Waals surface area contributed by atoms with Gasteiger partial charge in [0.2, 0.25) is 5.91 Å². The molecular weight excluding hydrogens is 264 g/mol. The van der Waals surface area contributed by atoms with Gasteiger partial charge in [-0.25, -0.2) is 0 Å². The molecule has 21 heavy (non-hydrogen) atoms. The summed E-state index contributed by atoms with van der Waals surface area (Å²) in [6.45, 7) is 6.29. The highest BCUT2D eigenvalue weighted by Crippen LogP contribution is 2.22. The smallest absolute Gasteiger partial charge is 0.238 e. The minimum Gasteiger partial charge on any atom is -0.325 e. The number of hydrogen-bond donors (Lipinski definition) is 1. The van der Waals surface area contributed by atoms with E-state index in [-0.39, 0.29) is 11.7 Å². The Morgan fingerprint density at radius 1 is 1.24 bits per heavy atom. The lowest BCUT2D eigenvalue weighted by Crippen LogP contribution is -2.47. The minimum atomic E-state index is -0.0173. The fourth-order valence-electron chi connectivity index (χ4n) is 2.97. The molecule has 0 saturated carbocycles. The largest absolute Gasteiger partial charge is 0.325 e. The number of amides is 1. The van der Waals surface area contributed by atoms with Crippen LogP contribution in [0.5, 0.6) is 0 Å². The van der Waals surface area contributed by atoms with Crippen molar-refractivity contribution in [3.8, 4) is 0 Å². The van der Waals surface area contributed by atoms with Crippen LogP contribution in [0.25, 0.3) is 0 Å². The van der Waals surface area contributed by atoms with Crippen molar-refractivity contribution in [3.05, 3.63) is 29.8 Å². The van der Waals surface area contributed by atoms with Crippen LogP contribution in [0.4, 0.5) is 5.69 Å². The van der Waals surface area contributed by atoms with Crippen molar-refractivity contribution in [1.82, 2.24) is 4.90 Å². The molecule has 1 fully saturated rings. The number of anilines is 1. The zero-order chi connectivity index (χ0) is 15.4. The van der Waals surface area contributed by atoms with Crippen LogP contribution in [0.2, 0.25) is 0 Å². The Hall–Kier alpha value is -1.68. The van der Waals surface area contributed by atoms with Gasteiger partial charge in [0, 0.05) is 23.3 Å². The zero-order valence-electron chi connectivity index (χ0n) is 13.1. The topological polar surface area (TPSA) is 49.4 Å². The number of nitrogens with one attached hydrogen (secondary N) is 1. The van der Waals surface area contributed by atoms with E-state index in [0.29, 0.717) is 29.9 Å². The standard InChI is InChI=1S/C17H24N2O2/c1-12-6-4-7-13(2)19(12)11-17(21)18-16-9-5-8-15(10-16)14(3)20/h5,8-10,12-13H,4,6-7,11H2,1-3H3,(H,18,21). The number of rotatable bonds is 4. The Balaban J connectivity index is 1.98. The van der Waals surface area contributed by atoms with E-state index in [1.165, 1.54) is 13.3 Å². The van der Waals surface area contributed by atoms with Crippen LogP contribution in [0.15, 0.2) is 24.3 Å². The molecule has 1 aliphatic heterocycles. The van der Waals surface area contributed by atoms with Crippen LogP contribution in [-0.2, 0) is 4.79 Å². The number of benzene rings is 1. The molecular formula is C17H24N2O2. The number of likely N-dealkylation sites (tertiary alicyclic amines) is 1. The molecule has 0 bridgehead atoms. The SMILES string of the molecule is CC(=O)c1cccc(NC(=O)CN2C(C)CCCC2C)c1. The van der Waals surface area contributed by atoms with E-state index in [4.69, 9.17) is 0 Å². The molecule has 1 aromatic carbocycles. The van der Waals surface area contributed by atoms with Gasteiger partial charge in [-0.2, -0.15) is 0 Å². The molecule has 2 unspecified atom stereocenters. The Morgan fingerprint density at radius 2 is 1.90 bits per heavy atom. The third kappa shape index (κ3) is 4.14. The van der Waals surface area contributed by atoms with Gasteiger partial charge in [0.1, 0.15) is 0 Å². The molecule has 1 aliphatic rings. The molecule has 0 aromatic heterocycles. The Morgan fingerprint density at radius 3 is 2.52 bits per heavy atom. The zero-order valence-corrected chi connectivity index (χ0v) is 13.1. The number of Topliss-reactive ketones (excluding diaryl/α,β-unsaturated/α-hetero) is 1. The van der Waals surface area contributed by atoms with Crippen molar-refractivity contribution in [1.29, 1.82) is 0 Å². The van der Waals surface area contributed by atoms with Crippen molar-refractivity contribution in [2.24, 2.45) is 0 Å². The number of nitrogens with zero attached hydrogens (tertiary/aromatic N) is 1. The van der Waals surface area contributed by atoms with E-state index in [2.05, 4.69) is 24.1 Å². The first-order chi connectivity index (χ1) is 9.97. The average molecular weight is 288 g/mol. The molecule has 1 N–H and O–H groups in total. The van der Waals surface area contributed by atoms with E-state index in [0.717, 1.165) is 12.8 Å². The van der Waals surface area contributed by atoms with Gasteiger partial charge in [-0.1, -0.05) is 18.6 Å². The van der Waals surface area contributed by atoms with Crippen LogP contribution in [-0.4, -0.2) is 35.2 Å². The fraction of sp³-hybridized carbons (Fsp3) is 0.529. The molecule has 0 spiro atoms. The first-order valence-corrected chi connectivity index (χ1v) is 7.64. The Bertz CT molecular complexity index is 517. The van der Waals surface area contributed by atoms with E-state index in [9.17, 15) is 9.59 Å². The quantitative estimate of drug-likeness (QED) is 0.866. The first kappa shape index (κ1) is 15.7. The van der Waals surface area contributed by atoms with Gasteiger partial charge in [0.25, 0.3) is 0 Å². The summed E-state index contributed by atoms with van der Waals surface area (Å²) in [6, 6.07) is 7.98. The van der Waals surface area contributed by atoms with Crippen LogP contribution in [0.1, 0.15) is 50.4 Å². The van der Waals surface area contributed by atoms with Crippen LogP contribution in [0, 0.1) is 0 Å². The summed E-state index contributed by atoms with van der Waals surface area (Å²) >= 11 is 0. The third-order valence-electron chi connectivity index (χ3n) is 4.26. The monoisotopic (exact) mass is 288 g/mol. The van der Waals surface area contributed by atoms with Crippen molar-refractivity contribution >= 4 is 17.4 Å². The van der Waals surface area contributed by atoms with Crippen LogP contribution >= 0.6 is 0 Å².